The van der Waals surface area contributed by atoms with E-state index in [9.17, 15) is 0 Å². The highest BCUT2D eigenvalue weighted by atomic mass is 16.3. The molecular weight excluding hydrogens is 284 g/mol. The molecule has 0 radical (unpaired) electrons. The molecule has 0 saturated carbocycles. The van der Waals surface area contributed by atoms with Crippen molar-refractivity contribution in [2.24, 2.45) is 5.73 Å². The van der Waals surface area contributed by atoms with Crippen LogP contribution in [0.4, 0.5) is 5.69 Å². The predicted octanol–water partition coefficient (Wildman–Crippen LogP) is 4.42. The predicted molar refractivity (Wildman–Crippen MR) is 96.6 cm³/mol. The molecule has 0 unspecified atom stereocenters. The molecule has 3 heteroatoms. The Hall–Kier alpha value is -2.15. The Morgan fingerprint density at radius 1 is 0.913 bits per heavy atom. The quantitative estimate of drug-likeness (QED) is 0.807. The summed E-state index contributed by atoms with van der Waals surface area (Å²) in [6.07, 6.45) is 0. The van der Waals surface area contributed by atoms with Crippen molar-refractivity contribution in [3.63, 3.8) is 0 Å². The van der Waals surface area contributed by atoms with E-state index in [1.165, 1.54) is 22.3 Å². The normalized spacial score (nSPS) is 9.83. The Morgan fingerprint density at radius 3 is 1.74 bits per heavy atom. The molecule has 0 aromatic heterocycles. The molecule has 3 nitrogen and oxygen atoms in total. The Balaban J connectivity index is 0.000000231. The van der Waals surface area contributed by atoms with Crippen LogP contribution in [0.5, 0.6) is 0 Å². The van der Waals surface area contributed by atoms with Crippen molar-refractivity contribution in [3.8, 4) is 0 Å². The molecule has 0 aliphatic rings. The molecule has 2 rings (SSSR count). The van der Waals surface area contributed by atoms with Crippen molar-refractivity contribution < 1.29 is 5.11 Å². The summed E-state index contributed by atoms with van der Waals surface area (Å²) in [4.78, 5) is 3.46. The van der Waals surface area contributed by atoms with Crippen molar-refractivity contribution in [3.05, 3.63) is 74.6 Å². The second-order valence-corrected chi connectivity index (χ2v) is 5.93. The van der Waals surface area contributed by atoms with Crippen molar-refractivity contribution in [1.82, 2.24) is 0 Å². The summed E-state index contributed by atoms with van der Waals surface area (Å²) in [5, 5.41) is 8.92. The highest BCUT2D eigenvalue weighted by Gasteiger charge is 2.02. The average Bonchev–Trinajstić information content (AvgIpc) is 2.47. The second kappa shape index (κ2) is 8.47. The zero-order chi connectivity index (χ0) is 17.6. The molecule has 2 aromatic rings. The van der Waals surface area contributed by atoms with E-state index in [1.54, 1.807) is 0 Å². The van der Waals surface area contributed by atoms with Crippen molar-refractivity contribution in [2.75, 3.05) is 0 Å². The summed E-state index contributed by atoms with van der Waals surface area (Å²) in [5.74, 6) is 0. The van der Waals surface area contributed by atoms with Crippen molar-refractivity contribution in [2.45, 2.75) is 47.8 Å². The number of nitrogens with zero attached hydrogens (tertiary/aromatic N) is 1. The van der Waals surface area contributed by atoms with E-state index in [2.05, 4.69) is 4.85 Å². The van der Waals surface area contributed by atoms with Gasteiger partial charge in [-0.15, -0.1) is 0 Å². The van der Waals surface area contributed by atoms with E-state index >= 15 is 0 Å². The van der Waals surface area contributed by atoms with Gasteiger partial charge in [-0.1, -0.05) is 29.8 Å². The van der Waals surface area contributed by atoms with Gasteiger partial charge in [-0.2, -0.15) is 0 Å². The Morgan fingerprint density at radius 2 is 1.39 bits per heavy atom. The zero-order valence-electron chi connectivity index (χ0n) is 14.7. The molecule has 0 heterocycles. The number of aliphatic hydroxyl groups excluding tert-OH is 1. The first-order chi connectivity index (χ1) is 10.8. The number of aryl methyl sites for hydroxylation is 5. The maximum Gasteiger partial charge on any atom is 0.193 e. The van der Waals surface area contributed by atoms with Crippen LogP contribution in [0.1, 0.15) is 38.9 Å². The van der Waals surface area contributed by atoms with Gasteiger partial charge in [-0.05, 0) is 68.0 Å². The Kier molecular flexibility index (Phi) is 6.96. The van der Waals surface area contributed by atoms with Crippen LogP contribution in [0.15, 0.2) is 24.3 Å². The Bertz CT molecular complexity index is 681. The lowest BCUT2D eigenvalue weighted by Gasteiger charge is -2.09. The molecule has 0 atom stereocenters. The highest BCUT2D eigenvalue weighted by molar-refractivity contribution is 5.58. The highest BCUT2D eigenvalue weighted by Crippen LogP contribution is 2.24. The number of nitrogens with two attached hydrogens (primary N) is 1. The molecule has 0 fully saturated rings. The van der Waals surface area contributed by atoms with Crippen LogP contribution in [0.25, 0.3) is 4.85 Å². The maximum absolute atomic E-state index is 8.92. The third kappa shape index (κ3) is 4.92. The Labute approximate surface area is 139 Å². The minimum Gasteiger partial charge on any atom is -0.392 e. The fourth-order valence-corrected chi connectivity index (χ4v) is 2.85. The monoisotopic (exact) mass is 310 g/mol. The summed E-state index contributed by atoms with van der Waals surface area (Å²) in [7, 11) is 0. The van der Waals surface area contributed by atoms with Gasteiger partial charge in [0.15, 0.2) is 5.69 Å². The van der Waals surface area contributed by atoms with Gasteiger partial charge in [0, 0.05) is 6.54 Å². The van der Waals surface area contributed by atoms with Crippen LogP contribution in [0.2, 0.25) is 0 Å². The average molecular weight is 310 g/mol. The second-order valence-electron chi connectivity index (χ2n) is 5.93. The summed E-state index contributed by atoms with van der Waals surface area (Å²) < 4.78 is 0. The molecule has 122 valence electrons. The third-order valence-electron chi connectivity index (χ3n) is 3.89. The molecule has 0 amide bonds. The minimum absolute atomic E-state index is 0.104. The number of hydrogen-bond acceptors (Lipinski definition) is 2. The smallest absolute Gasteiger partial charge is 0.193 e. The molecule has 0 spiro atoms. The molecule has 0 bridgehead atoms. The SMILES string of the molecule is Cc1cc(CO)cc(C)c1CN.[C-]#[N+]c1c(C)cc(C)cc1C. The standard InChI is InChI=1S/C10H15NO.C10H11N/c1-7-3-9(6-12)4-8(2)10(7)5-11;1-7-5-8(2)10(11-4)9(3)6-7/h3-4,12H,5-6,11H2,1-2H3;5-6H,1-3H3. The first-order valence-corrected chi connectivity index (χ1v) is 7.69. The number of aliphatic hydroxyl groups is 1. The van der Waals surface area contributed by atoms with Gasteiger partial charge in [0.25, 0.3) is 0 Å². The van der Waals surface area contributed by atoms with Crippen LogP contribution in [0, 0.1) is 41.2 Å². The molecule has 0 aliphatic carbocycles. The van der Waals surface area contributed by atoms with Crippen LogP contribution >= 0.6 is 0 Å². The van der Waals surface area contributed by atoms with E-state index in [0.717, 1.165) is 22.4 Å². The number of rotatable bonds is 2. The zero-order valence-corrected chi connectivity index (χ0v) is 14.7. The van der Waals surface area contributed by atoms with Crippen molar-refractivity contribution in [1.29, 1.82) is 0 Å². The third-order valence-corrected chi connectivity index (χ3v) is 3.89. The van der Waals surface area contributed by atoms with Gasteiger partial charge < -0.3 is 10.8 Å². The van der Waals surface area contributed by atoms with Crippen LogP contribution in [-0.2, 0) is 13.2 Å². The summed E-state index contributed by atoms with van der Waals surface area (Å²) >= 11 is 0. The van der Waals surface area contributed by atoms with Gasteiger partial charge >= 0.3 is 0 Å². The number of benzene rings is 2. The van der Waals surface area contributed by atoms with E-state index in [0.29, 0.717) is 6.54 Å². The fraction of sp³-hybridized carbons (Fsp3) is 0.350. The lowest BCUT2D eigenvalue weighted by molar-refractivity contribution is 0.281. The molecule has 0 aliphatic heterocycles. The molecule has 23 heavy (non-hydrogen) atoms. The molecule has 0 saturated heterocycles. The number of hydrogen-bond donors (Lipinski definition) is 2. The van der Waals surface area contributed by atoms with Gasteiger partial charge in [0.2, 0.25) is 0 Å². The van der Waals surface area contributed by atoms with E-state index in [1.807, 2.05) is 58.9 Å². The van der Waals surface area contributed by atoms with Crippen LogP contribution < -0.4 is 5.73 Å². The van der Waals surface area contributed by atoms with Crippen LogP contribution in [-0.4, -0.2) is 5.11 Å². The lowest BCUT2D eigenvalue weighted by atomic mass is 10.00. The summed E-state index contributed by atoms with van der Waals surface area (Å²) in [6.45, 7) is 17.7. The topological polar surface area (TPSA) is 50.6 Å². The van der Waals surface area contributed by atoms with E-state index in [4.69, 9.17) is 17.4 Å². The molecule has 3 N–H and O–H groups in total. The summed E-state index contributed by atoms with van der Waals surface area (Å²) in [5.41, 5.74) is 14.3. The van der Waals surface area contributed by atoms with Gasteiger partial charge in [0.05, 0.1) is 13.2 Å². The van der Waals surface area contributed by atoms with Gasteiger partial charge in [-0.25, -0.2) is 4.85 Å². The first kappa shape index (κ1) is 18.9. The molecule has 2 aromatic carbocycles. The summed E-state index contributed by atoms with van der Waals surface area (Å²) in [6, 6.07) is 8.05. The van der Waals surface area contributed by atoms with E-state index < -0.39 is 0 Å². The lowest BCUT2D eigenvalue weighted by Crippen LogP contribution is -2.03. The molecular formula is C20H26N2O. The van der Waals surface area contributed by atoms with Gasteiger partial charge in [0.1, 0.15) is 0 Å². The first-order valence-electron chi connectivity index (χ1n) is 7.69. The minimum atomic E-state index is 0.104. The largest absolute Gasteiger partial charge is 0.392 e. The van der Waals surface area contributed by atoms with Crippen molar-refractivity contribution >= 4 is 5.69 Å². The fourth-order valence-electron chi connectivity index (χ4n) is 2.85. The van der Waals surface area contributed by atoms with E-state index in [-0.39, 0.29) is 6.61 Å². The maximum atomic E-state index is 8.92. The van der Waals surface area contributed by atoms with Gasteiger partial charge in [-0.3, -0.25) is 0 Å². The van der Waals surface area contributed by atoms with Crippen LogP contribution in [0.3, 0.4) is 0 Å².